The molecule has 6 nitrogen and oxygen atoms in total. The Morgan fingerprint density at radius 1 is 1.15 bits per heavy atom. The molecule has 0 aromatic carbocycles. The van der Waals surface area contributed by atoms with Crippen LogP contribution in [0.2, 0.25) is 0 Å². The van der Waals surface area contributed by atoms with Gasteiger partial charge in [-0.3, -0.25) is 4.79 Å². The van der Waals surface area contributed by atoms with Crippen molar-refractivity contribution in [2.75, 3.05) is 13.1 Å². The molecule has 4 atom stereocenters. The first-order valence-electron chi connectivity index (χ1n) is 7.19. The Morgan fingerprint density at radius 2 is 1.75 bits per heavy atom. The van der Waals surface area contributed by atoms with Crippen LogP contribution in [0.1, 0.15) is 19.3 Å². The van der Waals surface area contributed by atoms with E-state index in [1.165, 1.54) is 12.8 Å². The van der Waals surface area contributed by atoms with Crippen molar-refractivity contribution in [2.24, 2.45) is 11.8 Å². The Morgan fingerprint density at radius 3 is 2.35 bits per heavy atom. The highest BCUT2D eigenvalue weighted by Gasteiger charge is 2.55. The summed E-state index contributed by atoms with van der Waals surface area (Å²) in [4.78, 5) is 14.7. The number of aromatic nitrogens is 3. The molecule has 20 heavy (non-hydrogen) atoms. The summed E-state index contributed by atoms with van der Waals surface area (Å²) in [7, 11) is 0. The third kappa shape index (κ3) is 2.02. The Bertz CT molecular complexity index is 461. The minimum atomic E-state index is 0. The fraction of sp³-hybridized carbons (Fsp3) is 0.769. The van der Waals surface area contributed by atoms with Gasteiger partial charge >= 0.3 is 0 Å². The quantitative estimate of drug-likeness (QED) is 0.871. The van der Waals surface area contributed by atoms with E-state index in [0.29, 0.717) is 42.8 Å². The smallest absolute Gasteiger partial charge is 0.224 e. The molecule has 110 valence electrons. The van der Waals surface area contributed by atoms with Gasteiger partial charge in [0, 0.05) is 38.1 Å². The highest BCUT2D eigenvalue weighted by molar-refractivity contribution is 5.85. The second-order valence-corrected chi connectivity index (χ2v) is 5.95. The number of nitrogens with zero attached hydrogens (tertiary/aromatic N) is 4. The van der Waals surface area contributed by atoms with E-state index in [1.54, 1.807) is 12.7 Å². The fourth-order valence-electron chi connectivity index (χ4n) is 4.33. The van der Waals surface area contributed by atoms with Crippen molar-refractivity contribution < 1.29 is 4.79 Å². The zero-order valence-electron chi connectivity index (χ0n) is 11.3. The average Bonchev–Trinajstić information content (AvgIpc) is 3.15. The number of hydrogen-bond donors (Lipinski definition) is 1. The van der Waals surface area contributed by atoms with Gasteiger partial charge in [-0.15, -0.1) is 22.6 Å². The largest absolute Gasteiger partial charge is 0.336 e. The van der Waals surface area contributed by atoms with E-state index in [9.17, 15) is 4.79 Å². The molecular weight excluding hydrogens is 278 g/mol. The number of halogens is 1. The fourth-order valence-corrected chi connectivity index (χ4v) is 4.33. The van der Waals surface area contributed by atoms with Gasteiger partial charge < -0.3 is 14.8 Å². The van der Waals surface area contributed by atoms with Crippen LogP contribution in [0.4, 0.5) is 0 Å². The summed E-state index contributed by atoms with van der Waals surface area (Å²) in [6.07, 6.45) is 6.31. The molecule has 0 spiro atoms. The average molecular weight is 298 g/mol. The first-order chi connectivity index (χ1) is 9.34. The molecule has 7 heteroatoms. The molecule has 4 heterocycles. The molecule has 3 aliphatic rings. The van der Waals surface area contributed by atoms with Crippen LogP contribution in [-0.4, -0.2) is 50.7 Å². The minimum absolute atomic E-state index is 0. The third-order valence-corrected chi connectivity index (χ3v) is 5.11. The lowest BCUT2D eigenvalue weighted by Gasteiger charge is -2.24. The monoisotopic (exact) mass is 297 g/mol. The highest BCUT2D eigenvalue weighted by atomic mass is 35.5. The van der Waals surface area contributed by atoms with Gasteiger partial charge in [-0.2, -0.15) is 0 Å². The number of fused-ring (bicyclic) bond motifs is 5. The zero-order chi connectivity index (χ0) is 12.8. The summed E-state index contributed by atoms with van der Waals surface area (Å²) in [5, 5.41) is 11.0. The normalized spacial score (nSPS) is 34.1. The van der Waals surface area contributed by atoms with Crippen molar-refractivity contribution in [3.63, 3.8) is 0 Å². The van der Waals surface area contributed by atoms with Crippen molar-refractivity contribution in [3.8, 4) is 0 Å². The van der Waals surface area contributed by atoms with E-state index in [2.05, 4.69) is 20.4 Å². The standard InChI is InChI=1S/C13H19N5O.ClH/c19-13(3-4-17-7-15-16-8-17)18-11-1-2-12(18)10-6-14-5-9(10)11;/h7-12,14H,1-6H2;1H/t9-,10+,11-,12+;. The van der Waals surface area contributed by atoms with E-state index in [-0.39, 0.29) is 12.4 Å². The van der Waals surface area contributed by atoms with Gasteiger partial charge in [0.25, 0.3) is 0 Å². The summed E-state index contributed by atoms with van der Waals surface area (Å²) in [5.41, 5.74) is 0. The van der Waals surface area contributed by atoms with E-state index in [4.69, 9.17) is 0 Å². The molecular formula is C13H20ClN5O. The molecule has 3 fully saturated rings. The second-order valence-electron chi connectivity index (χ2n) is 5.95. The second kappa shape index (κ2) is 5.33. The summed E-state index contributed by atoms with van der Waals surface area (Å²) in [6, 6.07) is 0.997. The van der Waals surface area contributed by atoms with Crippen LogP contribution >= 0.6 is 12.4 Å². The maximum Gasteiger partial charge on any atom is 0.224 e. The number of hydrogen-bond acceptors (Lipinski definition) is 4. The Labute approximate surface area is 124 Å². The van der Waals surface area contributed by atoms with Crippen LogP contribution in [0, 0.1) is 11.8 Å². The third-order valence-electron chi connectivity index (χ3n) is 5.11. The lowest BCUT2D eigenvalue weighted by Crippen LogP contribution is -2.39. The lowest BCUT2D eigenvalue weighted by molar-refractivity contribution is -0.133. The predicted octanol–water partition coefficient (Wildman–Crippen LogP) is 0.299. The van der Waals surface area contributed by atoms with Crippen molar-refractivity contribution in [3.05, 3.63) is 12.7 Å². The lowest BCUT2D eigenvalue weighted by atomic mass is 9.82. The van der Waals surface area contributed by atoms with Crippen molar-refractivity contribution in [1.82, 2.24) is 25.0 Å². The molecule has 3 aliphatic heterocycles. The molecule has 4 rings (SSSR count). The number of rotatable bonds is 3. The Balaban J connectivity index is 0.00000121. The predicted molar refractivity (Wildman–Crippen MR) is 75.4 cm³/mol. The molecule has 1 N–H and O–H groups in total. The topological polar surface area (TPSA) is 63.1 Å². The van der Waals surface area contributed by atoms with Crippen LogP contribution in [0.25, 0.3) is 0 Å². The maximum atomic E-state index is 12.5. The summed E-state index contributed by atoms with van der Waals surface area (Å²) < 4.78 is 1.87. The molecule has 1 amide bonds. The van der Waals surface area contributed by atoms with E-state index in [0.717, 1.165) is 13.1 Å². The van der Waals surface area contributed by atoms with E-state index >= 15 is 0 Å². The molecule has 3 saturated heterocycles. The van der Waals surface area contributed by atoms with Gasteiger partial charge in [-0.1, -0.05) is 0 Å². The highest BCUT2D eigenvalue weighted by Crippen LogP contribution is 2.47. The summed E-state index contributed by atoms with van der Waals surface area (Å²) in [6.45, 7) is 2.89. The number of carbonyl (C=O) groups is 1. The Kier molecular flexibility index (Phi) is 3.69. The maximum absolute atomic E-state index is 12.5. The van der Waals surface area contributed by atoms with Gasteiger partial charge in [0.1, 0.15) is 12.7 Å². The summed E-state index contributed by atoms with van der Waals surface area (Å²) in [5.74, 6) is 1.73. The minimum Gasteiger partial charge on any atom is -0.336 e. The molecule has 0 radical (unpaired) electrons. The van der Waals surface area contributed by atoms with Crippen molar-refractivity contribution in [1.29, 1.82) is 0 Å². The van der Waals surface area contributed by atoms with Crippen LogP contribution in [0.5, 0.6) is 0 Å². The van der Waals surface area contributed by atoms with Crippen molar-refractivity contribution in [2.45, 2.75) is 37.9 Å². The van der Waals surface area contributed by atoms with Crippen LogP contribution in [-0.2, 0) is 11.3 Å². The molecule has 0 aliphatic carbocycles. The van der Waals surface area contributed by atoms with Gasteiger partial charge in [0.05, 0.1) is 0 Å². The van der Waals surface area contributed by atoms with Crippen LogP contribution in [0.15, 0.2) is 12.7 Å². The number of nitrogens with one attached hydrogen (secondary N) is 1. The van der Waals surface area contributed by atoms with Crippen LogP contribution in [0.3, 0.4) is 0 Å². The van der Waals surface area contributed by atoms with Gasteiger partial charge in [0.2, 0.25) is 5.91 Å². The summed E-state index contributed by atoms with van der Waals surface area (Å²) >= 11 is 0. The molecule has 0 saturated carbocycles. The molecule has 1 aromatic rings. The number of amides is 1. The first-order valence-corrected chi connectivity index (χ1v) is 7.19. The first kappa shape index (κ1) is 13.8. The molecule has 2 bridgehead atoms. The number of carbonyl (C=O) groups excluding carboxylic acids is 1. The van der Waals surface area contributed by atoms with Gasteiger partial charge in [0.15, 0.2) is 0 Å². The van der Waals surface area contributed by atoms with Crippen molar-refractivity contribution >= 4 is 18.3 Å². The Hall–Kier alpha value is -1.14. The van der Waals surface area contributed by atoms with E-state index < -0.39 is 0 Å². The number of aryl methyl sites for hydroxylation is 1. The van der Waals surface area contributed by atoms with Gasteiger partial charge in [-0.25, -0.2) is 0 Å². The van der Waals surface area contributed by atoms with Gasteiger partial charge in [-0.05, 0) is 24.7 Å². The molecule has 0 unspecified atom stereocenters. The SMILES string of the molecule is Cl.O=C(CCn1cnnc1)N1[C@@H]2CC[C@H]1[C@H]1CNC[C@H]12. The van der Waals surface area contributed by atoms with Crippen LogP contribution < -0.4 is 5.32 Å². The van der Waals surface area contributed by atoms with E-state index in [1.807, 2.05) is 4.57 Å². The zero-order valence-corrected chi connectivity index (χ0v) is 12.1. The molecule has 1 aromatic heterocycles.